The molecule has 2 heteroatoms. The van der Waals surface area contributed by atoms with Gasteiger partial charge in [0.2, 0.25) is 5.91 Å². The van der Waals surface area contributed by atoms with Gasteiger partial charge in [0.05, 0.1) is 6.42 Å². The molecule has 1 amide bonds. The van der Waals surface area contributed by atoms with Crippen LogP contribution in [0.2, 0.25) is 0 Å². The Morgan fingerprint density at radius 1 is 1.25 bits per heavy atom. The van der Waals surface area contributed by atoms with Crippen LogP contribution >= 0.6 is 0 Å². The van der Waals surface area contributed by atoms with Gasteiger partial charge >= 0.3 is 0 Å². The molecule has 12 heavy (non-hydrogen) atoms. The quantitative estimate of drug-likeness (QED) is 0.662. The maximum Gasteiger partial charge on any atom is 0.228 e. The monoisotopic (exact) mass is 163 g/mol. The molecule has 0 fully saturated rings. The van der Waals surface area contributed by atoms with E-state index >= 15 is 0 Å². The number of hydrogen-bond acceptors (Lipinski definition) is 1. The second-order valence-electron chi connectivity index (χ2n) is 2.66. The zero-order valence-electron chi connectivity index (χ0n) is 7.42. The first-order valence-electron chi connectivity index (χ1n) is 4.06. The molecule has 0 atom stereocenters. The van der Waals surface area contributed by atoms with Gasteiger partial charge in [0.25, 0.3) is 0 Å². The van der Waals surface area contributed by atoms with Crippen LogP contribution in [0.15, 0.2) is 35.6 Å². The summed E-state index contributed by atoms with van der Waals surface area (Å²) in [5.41, 5.74) is 2.00. The molecule has 0 bridgehead atoms. The summed E-state index contributed by atoms with van der Waals surface area (Å²) in [6, 6.07) is 0. The Balaban J connectivity index is 2.87. The first kappa shape index (κ1) is 8.78. The first-order valence-corrected chi connectivity index (χ1v) is 4.06. The third-order valence-corrected chi connectivity index (χ3v) is 1.67. The highest BCUT2D eigenvalue weighted by atomic mass is 16.1. The Bertz CT molecular complexity index is 246. The van der Waals surface area contributed by atoms with Crippen molar-refractivity contribution < 1.29 is 4.79 Å². The van der Waals surface area contributed by atoms with Crippen LogP contribution in [0.1, 0.15) is 20.3 Å². The highest BCUT2D eigenvalue weighted by molar-refractivity contribution is 5.85. The fourth-order valence-corrected chi connectivity index (χ4v) is 1.21. The third kappa shape index (κ3) is 1.84. The number of allylic oxidation sites excluding steroid dienone is 4. The summed E-state index contributed by atoms with van der Waals surface area (Å²) in [5.74, 6) is 0.0798. The van der Waals surface area contributed by atoms with Gasteiger partial charge in [0, 0.05) is 5.70 Å². The van der Waals surface area contributed by atoms with E-state index in [1.165, 1.54) is 0 Å². The van der Waals surface area contributed by atoms with Crippen molar-refractivity contribution in [2.45, 2.75) is 20.3 Å². The first-order chi connectivity index (χ1) is 5.77. The summed E-state index contributed by atoms with van der Waals surface area (Å²) >= 11 is 0. The van der Waals surface area contributed by atoms with Crippen LogP contribution in [0.4, 0.5) is 0 Å². The molecular weight excluding hydrogens is 150 g/mol. The van der Waals surface area contributed by atoms with Crippen LogP contribution in [-0.2, 0) is 4.79 Å². The molecule has 1 aliphatic heterocycles. The van der Waals surface area contributed by atoms with Gasteiger partial charge in [0.15, 0.2) is 0 Å². The molecule has 0 aromatic carbocycles. The largest absolute Gasteiger partial charge is 0.326 e. The van der Waals surface area contributed by atoms with Gasteiger partial charge in [-0.2, -0.15) is 0 Å². The highest BCUT2D eigenvalue weighted by Crippen LogP contribution is 2.16. The van der Waals surface area contributed by atoms with Crippen molar-refractivity contribution in [3.63, 3.8) is 0 Å². The molecule has 1 rings (SSSR count). The summed E-state index contributed by atoms with van der Waals surface area (Å²) in [6.45, 7) is 3.88. The Kier molecular flexibility index (Phi) is 2.86. The fraction of sp³-hybridized carbons (Fsp3) is 0.300. The van der Waals surface area contributed by atoms with Gasteiger partial charge in [-0.05, 0) is 25.5 Å². The standard InChI is InChI=1S/C10H13NO/c1-3-5-8-7-10(12)11-9(8)6-4-2/h3-6H,7H2,1-2H3,(H,11,12)/b5-3-,6-4-. The molecule has 64 valence electrons. The van der Waals surface area contributed by atoms with Crippen LogP contribution in [0.3, 0.4) is 0 Å². The zero-order chi connectivity index (χ0) is 8.97. The van der Waals surface area contributed by atoms with Gasteiger partial charge in [-0.3, -0.25) is 4.79 Å². The van der Waals surface area contributed by atoms with E-state index in [2.05, 4.69) is 5.32 Å². The maximum absolute atomic E-state index is 11.0. The molecule has 0 saturated carbocycles. The molecule has 0 aromatic rings. The van der Waals surface area contributed by atoms with Crippen LogP contribution in [-0.4, -0.2) is 5.91 Å². The number of rotatable bonds is 2. The van der Waals surface area contributed by atoms with Crippen molar-refractivity contribution in [1.29, 1.82) is 0 Å². The van der Waals surface area contributed by atoms with E-state index in [9.17, 15) is 4.79 Å². The minimum atomic E-state index is 0.0798. The van der Waals surface area contributed by atoms with Crippen molar-refractivity contribution in [2.24, 2.45) is 0 Å². The van der Waals surface area contributed by atoms with Crippen molar-refractivity contribution in [2.75, 3.05) is 0 Å². The Labute approximate surface area is 72.7 Å². The number of nitrogens with one attached hydrogen (secondary N) is 1. The number of amides is 1. The van der Waals surface area contributed by atoms with Crippen molar-refractivity contribution >= 4 is 5.91 Å². The van der Waals surface area contributed by atoms with Gasteiger partial charge in [-0.15, -0.1) is 0 Å². The second-order valence-corrected chi connectivity index (χ2v) is 2.66. The minimum absolute atomic E-state index is 0.0798. The smallest absolute Gasteiger partial charge is 0.228 e. The topological polar surface area (TPSA) is 29.1 Å². The average Bonchev–Trinajstić information content (AvgIpc) is 2.33. The van der Waals surface area contributed by atoms with Crippen molar-refractivity contribution in [1.82, 2.24) is 5.32 Å². The number of carbonyl (C=O) groups excluding carboxylic acids is 1. The average molecular weight is 163 g/mol. The summed E-state index contributed by atoms with van der Waals surface area (Å²) in [7, 11) is 0. The fourth-order valence-electron chi connectivity index (χ4n) is 1.21. The molecule has 0 aliphatic carbocycles. The molecule has 1 aliphatic rings. The van der Waals surface area contributed by atoms with Crippen LogP contribution in [0, 0.1) is 0 Å². The Morgan fingerprint density at radius 3 is 2.50 bits per heavy atom. The summed E-state index contributed by atoms with van der Waals surface area (Å²) in [6.07, 6.45) is 8.25. The molecule has 1 heterocycles. The van der Waals surface area contributed by atoms with E-state index < -0.39 is 0 Å². The third-order valence-electron chi connectivity index (χ3n) is 1.67. The normalized spacial score (nSPS) is 18.3. The number of carbonyl (C=O) groups is 1. The van der Waals surface area contributed by atoms with E-state index in [1.54, 1.807) is 0 Å². The molecule has 0 radical (unpaired) electrons. The van der Waals surface area contributed by atoms with Crippen LogP contribution in [0.25, 0.3) is 0 Å². The van der Waals surface area contributed by atoms with Crippen molar-refractivity contribution in [3.8, 4) is 0 Å². The molecule has 0 spiro atoms. The van der Waals surface area contributed by atoms with E-state index in [4.69, 9.17) is 0 Å². The van der Waals surface area contributed by atoms with Gasteiger partial charge < -0.3 is 5.32 Å². The van der Waals surface area contributed by atoms with Crippen LogP contribution in [0.5, 0.6) is 0 Å². The zero-order valence-corrected chi connectivity index (χ0v) is 7.42. The summed E-state index contributed by atoms with van der Waals surface area (Å²) in [4.78, 5) is 11.0. The molecule has 0 aromatic heterocycles. The lowest BCUT2D eigenvalue weighted by molar-refractivity contribution is -0.118. The highest BCUT2D eigenvalue weighted by Gasteiger charge is 2.15. The maximum atomic E-state index is 11.0. The molecule has 2 nitrogen and oxygen atoms in total. The molecule has 0 unspecified atom stereocenters. The van der Waals surface area contributed by atoms with E-state index in [0.717, 1.165) is 11.3 Å². The summed E-state index contributed by atoms with van der Waals surface area (Å²) < 4.78 is 0. The lowest BCUT2D eigenvalue weighted by atomic mass is 10.1. The Hall–Kier alpha value is -1.31. The van der Waals surface area contributed by atoms with Crippen LogP contribution < -0.4 is 5.32 Å². The second kappa shape index (κ2) is 3.90. The predicted molar refractivity (Wildman–Crippen MR) is 49.4 cm³/mol. The lowest BCUT2D eigenvalue weighted by Crippen LogP contribution is -2.13. The molecular formula is C10H13NO. The molecule has 1 N–H and O–H groups in total. The Morgan fingerprint density at radius 2 is 1.92 bits per heavy atom. The van der Waals surface area contributed by atoms with Gasteiger partial charge in [-0.25, -0.2) is 0 Å². The lowest BCUT2D eigenvalue weighted by Gasteiger charge is -1.94. The van der Waals surface area contributed by atoms with E-state index in [0.29, 0.717) is 6.42 Å². The summed E-state index contributed by atoms with van der Waals surface area (Å²) in [5, 5.41) is 2.79. The molecule has 0 saturated heterocycles. The van der Waals surface area contributed by atoms with E-state index in [-0.39, 0.29) is 5.91 Å². The minimum Gasteiger partial charge on any atom is -0.326 e. The van der Waals surface area contributed by atoms with Gasteiger partial charge in [0.1, 0.15) is 0 Å². The number of hydrogen-bond donors (Lipinski definition) is 1. The van der Waals surface area contributed by atoms with E-state index in [1.807, 2.05) is 38.2 Å². The van der Waals surface area contributed by atoms with Crippen molar-refractivity contribution in [3.05, 3.63) is 35.6 Å². The predicted octanol–water partition coefficient (Wildman–Crippen LogP) is 1.91. The SMILES string of the molecule is C/C=C\C1=C(/C=C\C)NC(=O)C1. The van der Waals surface area contributed by atoms with Gasteiger partial charge in [-0.1, -0.05) is 18.2 Å².